The van der Waals surface area contributed by atoms with Gasteiger partial charge in [-0.2, -0.15) is 0 Å². The summed E-state index contributed by atoms with van der Waals surface area (Å²) in [5.41, 5.74) is 6.99. The molecule has 7 nitrogen and oxygen atoms in total. The van der Waals surface area contributed by atoms with E-state index in [0.29, 0.717) is 23.3 Å². The lowest BCUT2D eigenvalue weighted by Gasteiger charge is -2.11. The van der Waals surface area contributed by atoms with E-state index >= 15 is 0 Å². The van der Waals surface area contributed by atoms with Crippen molar-refractivity contribution in [1.82, 2.24) is 19.7 Å². The number of hydrogen-bond donors (Lipinski definition) is 1. The fraction of sp³-hybridized carbons (Fsp3) is 0.222. The number of pyridine rings is 1. The Kier molecular flexibility index (Phi) is 5.85. The molecule has 134 valence electrons. The molecule has 0 aliphatic rings. The SMILES string of the molecule is CCOc1ccc(-n2c(SCCC(N)=O)nnc2-c2cccnc2)cc1. The fourth-order valence-electron chi connectivity index (χ4n) is 2.38. The summed E-state index contributed by atoms with van der Waals surface area (Å²) in [6.45, 7) is 2.56. The number of benzene rings is 1. The van der Waals surface area contributed by atoms with Crippen molar-refractivity contribution >= 4 is 17.7 Å². The number of nitrogens with two attached hydrogens (primary N) is 1. The van der Waals surface area contributed by atoms with Crippen LogP contribution in [0, 0.1) is 0 Å². The van der Waals surface area contributed by atoms with Gasteiger partial charge < -0.3 is 10.5 Å². The highest BCUT2D eigenvalue weighted by Crippen LogP contribution is 2.28. The number of nitrogens with zero attached hydrogens (tertiary/aromatic N) is 4. The molecule has 2 aromatic heterocycles. The Balaban J connectivity index is 1.98. The van der Waals surface area contributed by atoms with Crippen molar-refractivity contribution in [3.63, 3.8) is 0 Å². The van der Waals surface area contributed by atoms with Crippen LogP contribution in [0.1, 0.15) is 13.3 Å². The van der Waals surface area contributed by atoms with Crippen LogP contribution in [0.3, 0.4) is 0 Å². The molecule has 0 spiro atoms. The van der Waals surface area contributed by atoms with E-state index in [4.69, 9.17) is 10.5 Å². The molecule has 1 aromatic carbocycles. The molecule has 0 bridgehead atoms. The molecule has 3 aromatic rings. The van der Waals surface area contributed by atoms with E-state index in [1.807, 2.05) is 47.9 Å². The summed E-state index contributed by atoms with van der Waals surface area (Å²) in [5, 5.41) is 9.30. The van der Waals surface area contributed by atoms with Crippen LogP contribution in [-0.2, 0) is 4.79 Å². The summed E-state index contributed by atoms with van der Waals surface area (Å²) in [5.74, 6) is 1.69. The third-order valence-electron chi connectivity index (χ3n) is 3.54. The van der Waals surface area contributed by atoms with Gasteiger partial charge in [-0.3, -0.25) is 14.3 Å². The second kappa shape index (κ2) is 8.48. The van der Waals surface area contributed by atoms with Gasteiger partial charge in [0.05, 0.1) is 6.61 Å². The number of aromatic nitrogens is 4. The molecule has 8 heteroatoms. The molecule has 0 unspecified atom stereocenters. The van der Waals surface area contributed by atoms with E-state index < -0.39 is 0 Å². The average molecular weight is 369 g/mol. The number of carbonyl (C=O) groups excluding carboxylic acids is 1. The van der Waals surface area contributed by atoms with Crippen molar-refractivity contribution in [2.75, 3.05) is 12.4 Å². The van der Waals surface area contributed by atoms with E-state index in [9.17, 15) is 4.79 Å². The maximum absolute atomic E-state index is 11.0. The number of amides is 1. The van der Waals surface area contributed by atoms with Gasteiger partial charge in [0, 0.05) is 35.8 Å². The van der Waals surface area contributed by atoms with Gasteiger partial charge in [-0.05, 0) is 43.3 Å². The van der Waals surface area contributed by atoms with Gasteiger partial charge in [-0.1, -0.05) is 11.8 Å². The minimum atomic E-state index is -0.336. The number of primary amides is 1. The molecule has 0 saturated carbocycles. The number of ether oxygens (including phenoxy) is 1. The monoisotopic (exact) mass is 369 g/mol. The first-order valence-corrected chi connectivity index (χ1v) is 9.17. The normalized spacial score (nSPS) is 10.7. The molecule has 26 heavy (non-hydrogen) atoms. The molecule has 0 aliphatic heterocycles. The van der Waals surface area contributed by atoms with Gasteiger partial charge in [0.1, 0.15) is 5.75 Å². The largest absolute Gasteiger partial charge is 0.494 e. The third kappa shape index (κ3) is 4.20. The number of carbonyl (C=O) groups is 1. The molecular formula is C18H19N5O2S. The minimum Gasteiger partial charge on any atom is -0.494 e. The van der Waals surface area contributed by atoms with Gasteiger partial charge in [0.15, 0.2) is 11.0 Å². The van der Waals surface area contributed by atoms with Crippen LogP contribution in [-0.4, -0.2) is 38.0 Å². The van der Waals surface area contributed by atoms with Gasteiger partial charge in [-0.15, -0.1) is 10.2 Å². The maximum atomic E-state index is 11.0. The lowest BCUT2D eigenvalue weighted by molar-refractivity contribution is -0.117. The highest BCUT2D eigenvalue weighted by Gasteiger charge is 2.16. The smallest absolute Gasteiger partial charge is 0.218 e. The quantitative estimate of drug-likeness (QED) is 0.613. The molecule has 2 N–H and O–H groups in total. The minimum absolute atomic E-state index is 0.281. The van der Waals surface area contributed by atoms with Crippen molar-refractivity contribution in [2.24, 2.45) is 5.73 Å². The zero-order valence-corrected chi connectivity index (χ0v) is 15.1. The summed E-state index contributed by atoms with van der Waals surface area (Å²) >= 11 is 1.44. The zero-order chi connectivity index (χ0) is 18.4. The average Bonchev–Trinajstić information content (AvgIpc) is 3.07. The molecule has 1 amide bonds. The van der Waals surface area contributed by atoms with Crippen LogP contribution in [0.15, 0.2) is 53.9 Å². The van der Waals surface area contributed by atoms with E-state index in [-0.39, 0.29) is 12.3 Å². The fourth-order valence-corrected chi connectivity index (χ4v) is 3.28. The van der Waals surface area contributed by atoms with Crippen LogP contribution >= 0.6 is 11.8 Å². The van der Waals surface area contributed by atoms with E-state index in [0.717, 1.165) is 17.0 Å². The molecule has 2 heterocycles. The van der Waals surface area contributed by atoms with E-state index in [2.05, 4.69) is 15.2 Å². The summed E-state index contributed by atoms with van der Waals surface area (Å²) < 4.78 is 7.45. The number of thioether (sulfide) groups is 1. The molecule has 3 rings (SSSR count). The lowest BCUT2D eigenvalue weighted by atomic mass is 10.2. The summed E-state index contributed by atoms with van der Waals surface area (Å²) in [6, 6.07) is 11.5. The summed E-state index contributed by atoms with van der Waals surface area (Å²) in [6.07, 6.45) is 3.74. The Hall–Kier alpha value is -2.87. The highest BCUT2D eigenvalue weighted by molar-refractivity contribution is 7.99. The van der Waals surface area contributed by atoms with Gasteiger partial charge in [0.25, 0.3) is 0 Å². The van der Waals surface area contributed by atoms with Gasteiger partial charge in [0.2, 0.25) is 5.91 Å². The molecular weight excluding hydrogens is 350 g/mol. The molecule has 0 radical (unpaired) electrons. The Morgan fingerprint density at radius 2 is 2.04 bits per heavy atom. The second-order valence-electron chi connectivity index (χ2n) is 5.37. The Bertz CT molecular complexity index is 865. The lowest BCUT2D eigenvalue weighted by Crippen LogP contribution is -2.11. The first kappa shape index (κ1) is 17.9. The van der Waals surface area contributed by atoms with Crippen LogP contribution in [0.4, 0.5) is 0 Å². The highest BCUT2D eigenvalue weighted by atomic mass is 32.2. The van der Waals surface area contributed by atoms with Gasteiger partial charge >= 0.3 is 0 Å². The molecule has 0 atom stereocenters. The molecule has 0 aliphatic carbocycles. The summed E-state index contributed by atoms with van der Waals surface area (Å²) in [4.78, 5) is 15.2. The molecule has 0 saturated heterocycles. The first-order chi connectivity index (χ1) is 12.7. The predicted molar refractivity (Wildman–Crippen MR) is 100 cm³/mol. The van der Waals surface area contributed by atoms with Crippen molar-refractivity contribution in [1.29, 1.82) is 0 Å². The Morgan fingerprint density at radius 1 is 1.23 bits per heavy atom. The van der Waals surface area contributed by atoms with Gasteiger partial charge in [-0.25, -0.2) is 0 Å². The topological polar surface area (TPSA) is 95.9 Å². The molecule has 0 fully saturated rings. The summed E-state index contributed by atoms with van der Waals surface area (Å²) in [7, 11) is 0. The number of hydrogen-bond acceptors (Lipinski definition) is 6. The van der Waals surface area contributed by atoms with Crippen LogP contribution in [0.5, 0.6) is 5.75 Å². The third-order valence-corrected chi connectivity index (χ3v) is 4.47. The standard InChI is InChI=1S/C18H19N5O2S/c1-2-25-15-7-5-14(6-8-15)23-17(13-4-3-10-20-12-13)21-22-18(23)26-11-9-16(19)24/h3-8,10,12H,2,9,11H2,1H3,(H2,19,24). The Labute approximate surface area is 155 Å². The van der Waals surface area contributed by atoms with E-state index in [1.165, 1.54) is 11.8 Å². The van der Waals surface area contributed by atoms with Crippen LogP contribution in [0.2, 0.25) is 0 Å². The van der Waals surface area contributed by atoms with Crippen molar-refractivity contribution in [3.8, 4) is 22.8 Å². The first-order valence-electron chi connectivity index (χ1n) is 8.19. The maximum Gasteiger partial charge on any atom is 0.218 e. The second-order valence-corrected chi connectivity index (χ2v) is 6.44. The van der Waals surface area contributed by atoms with Crippen molar-refractivity contribution < 1.29 is 9.53 Å². The van der Waals surface area contributed by atoms with Crippen LogP contribution < -0.4 is 10.5 Å². The van der Waals surface area contributed by atoms with E-state index in [1.54, 1.807) is 12.4 Å². The van der Waals surface area contributed by atoms with Crippen LogP contribution in [0.25, 0.3) is 17.1 Å². The predicted octanol–water partition coefficient (Wildman–Crippen LogP) is 2.70. The van der Waals surface area contributed by atoms with Crippen molar-refractivity contribution in [2.45, 2.75) is 18.5 Å². The zero-order valence-electron chi connectivity index (χ0n) is 14.3. The van der Waals surface area contributed by atoms with Crippen molar-refractivity contribution in [3.05, 3.63) is 48.8 Å². The Morgan fingerprint density at radius 3 is 2.69 bits per heavy atom. The number of rotatable bonds is 8.